The van der Waals surface area contributed by atoms with Crippen molar-refractivity contribution in [1.29, 1.82) is 0 Å². The van der Waals surface area contributed by atoms with Gasteiger partial charge in [-0.25, -0.2) is 9.18 Å². The first-order chi connectivity index (χ1) is 12.8. The Hall–Kier alpha value is -3.48. The fraction of sp³-hybridized carbons (Fsp3) is 0.150. The number of nitrogens with two attached hydrogens (primary N) is 1. The van der Waals surface area contributed by atoms with Crippen molar-refractivity contribution < 1.29 is 23.6 Å². The van der Waals surface area contributed by atoms with E-state index in [1.54, 1.807) is 19.9 Å². The van der Waals surface area contributed by atoms with E-state index in [1.165, 1.54) is 18.2 Å². The summed E-state index contributed by atoms with van der Waals surface area (Å²) >= 11 is 0. The Bertz CT molecular complexity index is 1130. The molecule has 1 aromatic heterocycles. The summed E-state index contributed by atoms with van der Waals surface area (Å²) in [4.78, 5) is 23.3. The van der Waals surface area contributed by atoms with Gasteiger partial charge >= 0.3 is 5.97 Å². The van der Waals surface area contributed by atoms with E-state index >= 15 is 4.39 Å². The van der Waals surface area contributed by atoms with E-state index in [0.29, 0.717) is 33.7 Å². The Morgan fingerprint density at radius 1 is 1.19 bits per heavy atom. The highest BCUT2D eigenvalue weighted by Gasteiger charge is 2.31. The summed E-state index contributed by atoms with van der Waals surface area (Å²) < 4.78 is 20.7. The lowest BCUT2D eigenvalue weighted by Crippen LogP contribution is -2.14. The first kappa shape index (κ1) is 17.0. The minimum Gasteiger partial charge on any atom is -0.478 e. The Morgan fingerprint density at radius 2 is 1.93 bits per heavy atom. The molecule has 0 atom stereocenters. The molecule has 1 aliphatic carbocycles. The molecule has 1 aliphatic rings. The smallest absolute Gasteiger partial charge is 0.335 e. The molecule has 0 saturated heterocycles. The molecule has 0 radical (unpaired) electrons. The van der Waals surface area contributed by atoms with Gasteiger partial charge in [-0.2, -0.15) is 0 Å². The quantitative estimate of drug-likeness (QED) is 0.577. The molecule has 0 unspecified atom stereocenters. The first-order valence-corrected chi connectivity index (χ1v) is 8.24. The number of hydrogen-bond donors (Lipinski definition) is 2. The molecule has 0 fully saturated rings. The zero-order valence-electron chi connectivity index (χ0n) is 14.6. The van der Waals surface area contributed by atoms with Gasteiger partial charge in [-0.05, 0) is 55.2 Å². The molecule has 2 aromatic carbocycles. The predicted octanol–water partition coefficient (Wildman–Crippen LogP) is 3.47. The monoisotopic (exact) mass is 366 g/mol. The highest BCUT2D eigenvalue weighted by Crippen LogP contribution is 2.44. The number of fused-ring (bicyclic) bond motifs is 3. The lowest BCUT2D eigenvalue weighted by atomic mass is 9.92. The number of hydrogen-bond acceptors (Lipinski definition) is 4. The molecule has 6 nitrogen and oxygen atoms in total. The van der Waals surface area contributed by atoms with Crippen LogP contribution in [-0.2, 0) is 6.42 Å². The summed E-state index contributed by atoms with van der Waals surface area (Å²) in [7, 11) is 0. The lowest BCUT2D eigenvalue weighted by Gasteiger charge is -2.12. The number of amides is 1. The van der Waals surface area contributed by atoms with Crippen LogP contribution >= 0.6 is 0 Å². The maximum atomic E-state index is 15.5. The summed E-state index contributed by atoms with van der Waals surface area (Å²) in [5, 5.41) is 13.0. The number of benzene rings is 2. The number of carboxylic acids is 1. The van der Waals surface area contributed by atoms with Gasteiger partial charge in [0.25, 0.3) is 0 Å². The van der Waals surface area contributed by atoms with Crippen LogP contribution in [0.4, 0.5) is 4.39 Å². The molecule has 7 heteroatoms. The van der Waals surface area contributed by atoms with Crippen molar-refractivity contribution in [1.82, 2.24) is 5.16 Å². The van der Waals surface area contributed by atoms with Gasteiger partial charge in [0.15, 0.2) is 0 Å². The van der Waals surface area contributed by atoms with Crippen LogP contribution in [0.25, 0.3) is 22.3 Å². The van der Waals surface area contributed by atoms with Crippen LogP contribution in [0.3, 0.4) is 0 Å². The van der Waals surface area contributed by atoms with Crippen molar-refractivity contribution in [2.75, 3.05) is 0 Å². The highest BCUT2D eigenvalue weighted by molar-refractivity contribution is 6.01. The van der Waals surface area contributed by atoms with E-state index < -0.39 is 17.7 Å². The molecule has 1 amide bonds. The van der Waals surface area contributed by atoms with Crippen molar-refractivity contribution in [3.8, 4) is 22.3 Å². The van der Waals surface area contributed by atoms with Gasteiger partial charge in [0.1, 0.15) is 11.6 Å². The number of carbonyl (C=O) groups is 2. The fourth-order valence-corrected chi connectivity index (χ4v) is 3.74. The lowest BCUT2D eigenvalue weighted by molar-refractivity contribution is 0.0696. The molecule has 0 spiro atoms. The average molecular weight is 366 g/mol. The van der Waals surface area contributed by atoms with Crippen molar-refractivity contribution >= 4 is 11.9 Å². The number of primary amides is 1. The van der Waals surface area contributed by atoms with Crippen LogP contribution in [0.15, 0.2) is 28.8 Å². The molecule has 27 heavy (non-hydrogen) atoms. The van der Waals surface area contributed by atoms with Gasteiger partial charge in [-0.3, -0.25) is 4.79 Å². The zero-order valence-corrected chi connectivity index (χ0v) is 14.6. The number of aryl methyl sites for hydroxylation is 2. The van der Waals surface area contributed by atoms with Gasteiger partial charge in [0, 0.05) is 16.7 Å². The fourth-order valence-electron chi connectivity index (χ4n) is 3.74. The predicted molar refractivity (Wildman–Crippen MR) is 95.1 cm³/mol. The molecular formula is C20H15FN2O4. The van der Waals surface area contributed by atoms with E-state index in [0.717, 1.165) is 0 Å². The summed E-state index contributed by atoms with van der Waals surface area (Å²) in [5.74, 6) is -1.82. The molecular weight excluding hydrogens is 351 g/mol. The second kappa shape index (κ2) is 5.77. The molecule has 0 saturated carbocycles. The van der Waals surface area contributed by atoms with E-state index in [4.69, 9.17) is 10.3 Å². The van der Waals surface area contributed by atoms with Crippen LogP contribution in [0.5, 0.6) is 0 Å². The van der Waals surface area contributed by atoms with Gasteiger partial charge < -0.3 is 15.4 Å². The topological polar surface area (TPSA) is 106 Å². The summed E-state index contributed by atoms with van der Waals surface area (Å²) in [6, 6.07) is 5.91. The summed E-state index contributed by atoms with van der Waals surface area (Å²) in [6.07, 6.45) is 0.239. The SMILES string of the molecule is Cc1noc(C)c1-c1cc(C(N)=O)c2c(c1F)-c1ccc(C(=O)O)cc1C2. The van der Waals surface area contributed by atoms with Gasteiger partial charge in [0.05, 0.1) is 16.8 Å². The molecule has 3 N–H and O–H groups in total. The third-order valence-electron chi connectivity index (χ3n) is 4.93. The van der Waals surface area contributed by atoms with Crippen molar-refractivity contribution in [2.24, 2.45) is 5.73 Å². The number of halogens is 1. The van der Waals surface area contributed by atoms with Gasteiger partial charge in [0.2, 0.25) is 5.91 Å². The van der Waals surface area contributed by atoms with Crippen LogP contribution in [-0.4, -0.2) is 22.1 Å². The van der Waals surface area contributed by atoms with Crippen molar-refractivity contribution in [2.45, 2.75) is 20.3 Å². The molecule has 4 rings (SSSR count). The molecule has 136 valence electrons. The van der Waals surface area contributed by atoms with Crippen molar-refractivity contribution in [3.63, 3.8) is 0 Å². The number of carbonyl (C=O) groups excluding carboxylic acids is 1. The third-order valence-corrected chi connectivity index (χ3v) is 4.93. The molecule has 3 aromatic rings. The number of aromatic carboxylic acids is 1. The number of carboxylic acid groups (broad SMARTS) is 1. The van der Waals surface area contributed by atoms with E-state index in [1.807, 2.05) is 0 Å². The van der Waals surface area contributed by atoms with Crippen LogP contribution in [0.2, 0.25) is 0 Å². The van der Waals surface area contributed by atoms with Crippen LogP contribution in [0.1, 0.15) is 43.3 Å². The maximum Gasteiger partial charge on any atom is 0.335 e. The Balaban J connectivity index is 2.04. The normalized spacial score (nSPS) is 12.0. The second-order valence-corrected chi connectivity index (χ2v) is 6.56. The van der Waals surface area contributed by atoms with Crippen LogP contribution in [0, 0.1) is 19.7 Å². The van der Waals surface area contributed by atoms with Crippen LogP contribution < -0.4 is 5.73 Å². The van der Waals surface area contributed by atoms with E-state index in [9.17, 15) is 14.7 Å². The Labute approximate surface area is 153 Å². The van der Waals surface area contributed by atoms with Gasteiger partial charge in [-0.15, -0.1) is 0 Å². The highest BCUT2D eigenvalue weighted by atomic mass is 19.1. The molecule has 0 bridgehead atoms. The summed E-state index contributed by atoms with van der Waals surface area (Å²) in [6.45, 7) is 3.36. The molecule has 1 heterocycles. The summed E-state index contributed by atoms with van der Waals surface area (Å²) in [5.41, 5.74) is 8.97. The number of rotatable bonds is 3. The average Bonchev–Trinajstić information content (AvgIpc) is 3.15. The minimum absolute atomic E-state index is 0.105. The standard InChI is InChI=1S/C20H15FN2O4/c1-8-16(9(2)27-23-8)15-7-14(19(22)24)13-6-11-5-10(20(25)26)3-4-12(11)17(13)18(15)21/h3-5,7H,6H2,1-2H3,(H2,22,24)(H,25,26). The first-order valence-electron chi connectivity index (χ1n) is 8.24. The third kappa shape index (κ3) is 2.43. The minimum atomic E-state index is -1.07. The zero-order chi connectivity index (χ0) is 19.5. The second-order valence-electron chi connectivity index (χ2n) is 6.56. The maximum absolute atomic E-state index is 15.5. The van der Waals surface area contributed by atoms with Crippen molar-refractivity contribution in [3.05, 3.63) is 63.8 Å². The van der Waals surface area contributed by atoms with E-state index in [2.05, 4.69) is 5.16 Å². The molecule has 0 aliphatic heterocycles. The Kier molecular flexibility index (Phi) is 3.62. The van der Waals surface area contributed by atoms with Gasteiger partial charge in [-0.1, -0.05) is 11.2 Å². The largest absolute Gasteiger partial charge is 0.478 e. The number of aromatic nitrogens is 1. The van der Waals surface area contributed by atoms with E-state index in [-0.39, 0.29) is 28.7 Å². The Morgan fingerprint density at radius 3 is 2.52 bits per heavy atom. The number of nitrogens with zero attached hydrogens (tertiary/aromatic N) is 1.